The summed E-state index contributed by atoms with van der Waals surface area (Å²) in [7, 11) is 2.28. The first-order valence-corrected chi connectivity index (χ1v) is 11.2. The molecule has 33 heavy (non-hydrogen) atoms. The third-order valence-corrected chi connectivity index (χ3v) is 6.60. The molecule has 2 aliphatic heterocycles. The first-order chi connectivity index (χ1) is 15.9. The van der Waals surface area contributed by atoms with Crippen LogP contribution in [0, 0.1) is 0 Å². The zero-order valence-electron chi connectivity index (χ0n) is 18.5. The van der Waals surface area contributed by atoms with Gasteiger partial charge in [-0.05, 0) is 56.0 Å². The van der Waals surface area contributed by atoms with Gasteiger partial charge in [-0.3, -0.25) is 4.98 Å². The fourth-order valence-corrected chi connectivity index (χ4v) is 4.98. The topological polar surface area (TPSA) is 100.0 Å². The number of rotatable bonds is 4. The molecule has 1 aromatic carbocycles. The van der Waals surface area contributed by atoms with Gasteiger partial charge >= 0.3 is 11.9 Å². The molecular formula is C26H28N2O5. The number of hydrogen-bond donors (Lipinski definition) is 2. The highest BCUT2D eigenvalue weighted by atomic mass is 16.5. The van der Waals surface area contributed by atoms with E-state index in [1.54, 1.807) is 0 Å². The summed E-state index contributed by atoms with van der Waals surface area (Å²) in [5.74, 6) is -2.51. The van der Waals surface area contributed by atoms with Gasteiger partial charge in [-0.25, -0.2) is 9.59 Å². The number of ether oxygens (including phenoxy) is 1. The van der Waals surface area contributed by atoms with Crippen LogP contribution < -0.4 is 0 Å². The molecule has 7 heteroatoms. The van der Waals surface area contributed by atoms with E-state index in [1.807, 2.05) is 12.3 Å². The second-order valence-electron chi connectivity index (χ2n) is 8.61. The van der Waals surface area contributed by atoms with Gasteiger partial charge in [-0.15, -0.1) is 0 Å². The van der Waals surface area contributed by atoms with Crippen molar-refractivity contribution in [3.8, 4) is 0 Å². The summed E-state index contributed by atoms with van der Waals surface area (Å²) in [5, 5.41) is 15.6. The largest absolute Gasteiger partial charge is 0.478 e. The molecule has 0 saturated carbocycles. The third kappa shape index (κ3) is 5.38. The lowest BCUT2D eigenvalue weighted by atomic mass is 9.96. The van der Waals surface area contributed by atoms with E-state index in [2.05, 4.69) is 59.4 Å². The number of carboxylic acids is 2. The van der Waals surface area contributed by atoms with Crippen LogP contribution in [-0.2, 0) is 14.3 Å². The molecule has 2 bridgehead atoms. The van der Waals surface area contributed by atoms with Gasteiger partial charge < -0.3 is 19.8 Å². The number of fused-ring (bicyclic) bond motifs is 4. The Morgan fingerprint density at radius 3 is 2.27 bits per heavy atom. The van der Waals surface area contributed by atoms with Crippen LogP contribution in [0.2, 0.25) is 0 Å². The highest BCUT2D eigenvalue weighted by Gasteiger charge is 2.40. The van der Waals surface area contributed by atoms with Gasteiger partial charge in [0.1, 0.15) is 6.10 Å². The van der Waals surface area contributed by atoms with Crippen molar-refractivity contribution in [2.75, 3.05) is 7.05 Å². The van der Waals surface area contributed by atoms with Crippen molar-refractivity contribution in [1.82, 2.24) is 9.88 Å². The SMILES string of the molecule is CN1[C@@H]2CC[C@H]1CC(OC1c3ccccc3C=Cc3ncccc31)C2.O=C(O)/C=C\C(=O)O. The summed E-state index contributed by atoms with van der Waals surface area (Å²) in [6.45, 7) is 0. The van der Waals surface area contributed by atoms with Crippen molar-refractivity contribution in [3.63, 3.8) is 0 Å². The van der Waals surface area contributed by atoms with Crippen LogP contribution in [0.4, 0.5) is 0 Å². The average molecular weight is 449 g/mol. The number of carbonyl (C=O) groups is 2. The van der Waals surface area contributed by atoms with Gasteiger partial charge in [0, 0.05) is 36.0 Å². The molecule has 2 fully saturated rings. The molecule has 2 N–H and O–H groups in total. The second-order valence-corrected chi connectivity index (χ2v) is 8.61. The van der Waals surface area contributed by atoms with E-state index < -0.39 is 11.9 Å². The van der Waals surface area contributed by atoms with Gasteiger partial charge in [-0.1, -0.05) is 36.4 Å². The molecule has 1 aliphatic carbocycles. The molecule has 2 unspecified atom stereocenters. The molecule has 0 amide bonds. The van der Waals surface area contributed by atoms with Gasteiger partial charge in [0.05, 0.1) is 11.8 Å². The van der Waals surface area contributed by atoms with Crippen molar-refractivity contribution in [2.45, 2.75) is 50.0 Å². The van der Waals surface area contributed by atoms with Gasteiger partial charge in [0.2, 0.25) is 0 Å². The Morgan fingerprint density at radius 1 is 0.970 bits per heavy atom. The van der Waals surface area contributed by atoms with Crippen molar-refractivity contribution in [1.29, 1.82) is 0 Å². The maximum atomic E-state index is 9.55. The fourth-order valence-electron chi connectivity index (χ4n) is 4.98. The summed E-state index contributed by atoms with van der Waals surface area (Å²) in [4.78, 5) is 26.3. The smallest absolute Gasteiger partial charge is 0.328 e. The molecule has 1 aromatic heterocycles. The van der Waals surface area contributed by atoms with Crippen LogP contribution in [0.25, 0.3) is 12.2 Å². The minimum Gasteiger partial charge on any atom is -0.478 e. The highest BCUT2D eigenvalue weighted by molar-refractivity contribution is 5.89. The Kier molecular flexibility index (Phi) is 7.01. The predicted molar refractivity (Wildman–Crippen MR) is 125 cm³/mol. The maximum absolute atomic E-state index is 9.55. The molecule has 0 spiro atoms. The number of hydrogen-bond acceptors (Lipinski definition) is 5. The summed E-state index contributed by atoms with van der Waals surface area (Å²) in [5.41, 5.74) is 4.72. The molecule has 4 atom stereocenters. The van der Waals surface area contributed by atoms with E-state index in [1.165, 1.54) is 29.5 Å². The first-order valence-electron chi connectivity index (χ1n) is 11.2. The number of carboxylic acid groups (broad SMARTS) is 2. The van der Waals surface area contributed by atoms with Crippen LogP contribution in [0.15, 0.2) is 54.7 Å². The van der Waals surface area contributed by atoms with Gasteiger partial charge in [0.15, 0.2) is 0 Å². The van der Waals surface area contributed by atoms with E-state index in [9.17, 15) is 9.59 Å². The third-order valence-electron chi connectivity index (χ3n) is 6.60. The van der Waals surface area contributed by atoms with Crippen molar-refractivity contribution in [2.24, 2.45) is 0 Å². The van der Waals surface area contributed by atoms with Crippen LogP contribution in [0.5, 0.6) is 0 Å². The molecule has 0 radical (unpaired) electrons. The Morgan fingerprint density at radius 2 is 1.61 bits per heavy atom. The molecule has 3 heterocycles. The molecule has 5 rings (SSSR count). The zero-order chi connectivity index (χ0) is 23.4. The Labute approximate surface area is 193 Å². The predicted octanol–water partition coefficient (Wildman–Crippen LogP) is 4.01. The minimum atomic E-state index is -1.26. The van der Waals surface area contributed by atoms with E-state index in [4.69, 9.17) is 14.9 Å². The lowest BCUT2D eigenvalue weighted by molar-refractivity contribution is -0.134. The van der Waals surface area contributed by atoms with Crippen molar-refractivity contribution < 1.29 is 24.5 Å². The van der Waals surface area contributed by atoms with E-state index >= 15 is 0 Å². The standard InChI is InChI=1S/C22H24N2O.C4H4O4/c1-24-16-9-10-17(24)14-18(13-16)25-22-19-6-3-2-5-15(19)8-11-21-20(22)7-4-12-23-21;5-3(6)1-2-4(7)8/h2-8,11-12,16-18,22H,9-10,13-14H2,1H3;1-2H,(H,5,6)(H,7,8)/b;2-1-/t16-,17+,18?,22?;. The summed E-state index contributed by atoms with van der Waals surface area (Å²) >= 11 is 0. The Bertz CT molecular complexity index is 1000. The number of aliphatic carboxylic acids is 2. The molecule has 3 aliphatic rings. The van der Waals surface area contributed by atoms with Gasteiger partial charge in [0.25, 0.3) is 0 Å². The molecule has 2 aromatic rings. The number of piperidine rings is 1. The molecule has 2 saturated heterocycles. The highest BCUT2D eigenvalue weighted by Crippen LogP contribution is 2.41. The Balaban J connectivity index is 0.000000281. The quantitative estimate of drug-likeness (QED) is 0.682. The molecule has 7 nitrogen and oxygen atoms in total. The monoisotopic (exact) mass is 448 g/mol. The fraction of sp³-hybridized carbons (Fsp3) is 0.346. The first kappa shape index (κ1) is 22.9. The number of pyridine rings is 1. The molecule has 172 valence electrons. The van der Waals surface area contributed by atoms with Crippen LogP contribution in [0.3, 0.4) is 0 Å². The summed E-state index contributed by atoms with van der Waals surface area (Å²) in [6, 6.07) is 14.2. The van der Waals surface area contributed by atoms with Gasteiger partial charge in [-0.2, -0.15) is 0 Å². The van der Waals surface area contributed by atoms with Crippen LogP contribution in [-0.4, -0.2) is 57.3 Å². The summed E-state index contributed by atoms with van der Waals surface area (Å²) < 4.78 is 6.79. The number of nitrogens with zero attached hydrogens (tertiary/aromatic N) is 2. The number of aromatic nitrogens is 1. The maximum Gasteiger partial charge on any atom is 0.328 e. The zero-order valence-corrected chi connectivity index (χ0v) is 18.5. The van der Waals surface area contributed by atoms with E-state index in [0.717, 1.165) is 18.5 Å². The van der Waals surface area contributed by atoms with E-state index in [-0.39, 0.29) is 6.10 Å². The normalized spacial score (nSPS) is 25.5. The lowest BCUT2D eigenvalue weighted by Gasteiger charge is -2.38. The minimum absolute atomic E-state index is 0.0253. The van der Waals surface area contributed by atoms with Crippen LogP contribution in [0.1, 0.15) is 54.2 Å². The summed E-state index contributed by atoms with van der Waals surface area (Å²) in [6.07, 6.45) is 12.5. The van der Waals surface area contributed by atoms with Crippen molar-refractivity contribution >= 4 is 24.1 Å². The number of benzene rings is 1. The van der Waals surface area contributed by atoms with Crippen molar-refractivity contribution in [3.05, 3.63) is 77.1 Å². The second kappa shape index (κ2) is 10.1. The Hall–Kier alpha value is -3.29. The lowest BCUT2D eigenvalue weighted by Crippen LogP contribution is -2.43. The van der Waals surface area contributed by atoms with E-state index in [0.29, 0.717) is 30.3 Å². The average Bonchev–Trinajstić information content (AvgIpc) is 2.97. The molecular weight excluding hydrogens is 420 g/mol. The van der Waals surface area contributed by atoms with Crippen LogP contribution >= 0.6 is 0 Å².